The van der Waals surface area contributed by atoms with Gasteiger partial charge in [0, 0.05) is 35.6 Å². The van der Waals surface area contributed by atoms with Gasteiger partial charge in [-0.2, -0.15) is 0 Å². The summed E-state index contributed by atoms with van der Waals surface area (Å²) in [5, 5.41) is 1.71. The van der Waals surface area contributed by atoms with Gasteiger partial charge in [-0.1, -0.05) is 0 Å². The molecule has 1 fully saturated rings. The Morgan fingerprint density at radius 3 is 2.74 bits per heavy atom. The number of fused-ring (bicyclic) bond motifs is 1. The molecule has 5 heteroatoms. The van der Waals surface area contributed by atoms with Crippen molar-refractivity contribution in [1.82, 2.24) is 9.58 Å². The predicted octanol–water partition coefficient (Wildman–Crippen LogP) is 1.43. The average molecular weight is 257 g/mol. The second-order valence-electron chi connectivity index (χ2n) is 4.99. The van der Waals surface area contributed by atoms with Gasteiger partial charge in [-0.15, -0.1) is 0 Å². The van der Waals surface area contributed by atoms with E-state index in [1.807, 2.05) is 29.9 Å². The minimum atomic E-state index is -0.442. The fourth-order valence-corrected chi connectivity index (χ4v) is 2.18. The van der Waals surface area contributed by atoms with E-state index in [-0.39, 0.29) is 11.8 Å². The predicted molar refractivity (Wildman–Crippen MR) is 71.0 cm³/mol. The molecule has 0 spiro atoms. The van der Waals surface area contributed by atoms with Gasteiger partial charge in [-0.3, -0.25) is 9.59 Å². The van der Waals surface area contributed by atoms with Crippen molar-refractivity contribution in [3.63, 3.8) is 0 Å². The van der Waals surface area contributed by atoms with E-state index in [0.717, 1.165) is 28.8 Å². The molecule has 1 aliphatic carbocycles. The molecular formula is C14H15N3O2. The van der Waals surface area contributed by atoms with E-state index in [1.54, 1.807) is 12.1 Å². The maximum Gasteiger partial charge on any atom is 0.274 e. The van der Waals surface area contributed by atoms with Crippen LogP contribution < -0.4 is 5.84 Å². The first-order valence-electron chi connectivity index (χ1n) is 6.26. The van der Waals surface area contributed by atoms with Crippen molar-refractivity contribution in [3.8, 4) is 0 Å². The van der Waals surface area contributed by atoms with Crippen LogP contribution in [0, 0.1) is 5.92 Å². The molecule has 1 aliphatic rings. The summed E-state index contributed by atoms with van der Waals surface area (Å²) in [5.41, 5.74) is 1.48. The molecule has 0 bridgehead atoms. The molecule has 0 unspecified atom stereocenters. The number of imide groups is 1. The molecule has 3 rings (SSSR count). The van der Waals surface area contributed by atoms with E-state index < -0.39 is 5.91 Å². The van der Waals surface area contributed by atoms with Gasteiger partial charge >= 0.3 is 0 Å². The third-order valence-corrected chi connectivity index (χ3v) is 3.51. The molecule has 1 aromatic carbocycles. The number of aromatic nitrogens is 1. The second-order valence-corrected chi connectivity index (χ2v) is 4.99. The first kappa shape index (κ1) is 11.9. The van der Waals surface area contributed by atoms with Crippen molar-refractivity contribution < 1.29 is 9.59 Å². The second kappa shape index (κ2) is 4.20. The molecule has 0 radical (unpaired) electrons. The van der Waals surface area contributed by atoms with E-state index in [9.17, 15) is 9.59 Å². The topological polar surface area (TPSA) is 68.3 Å². The van der Waals surface area contributed by atoms with Crippen LogP contribution in [0.15, 0.2) is 30.5 Å². The summed E-state index contributed by atoms with van der Waals surface area (Å²) >= 11 is 0. The lowest BCUT2D eigenvalue weighted by molar-refractivity contribution is -0.130. The van der Waals surface area contributed by atoms with Gasteiger partial charge in [0.2, 0.25) is 5.91 Å². The summed E-state index contributed by atoms with van der Waals surface area (Å²) in [6, 6.07) is 7.25. The van der Waals surface area contributed by atoms with Gasteiger partial charge in [0.1, 0.15) is 0 Å². The number of amides is 2. The van der Waals surface area contributed by atoms with Crippen molar-refractivity contribution in [1.29, 1.82) is 0 Å². The monoisotopic (exact) mass is 257 g/mol. The number of aryl methyl sites for hydroxylation is 1. The maximum absolute atomic E-state index is 12.1. The minimum Gasteiger partial charge on any atom is -0.351 e. The van der Waals surface area contributed by atoms with Gasteiger partial charge in [-0.25, -0.2) is 10.9 Å². The lowest BCUT2D eigenvalue weighted by Crippen LogP contribution is -2.43. The standard InChI is InChI=1S/C14H15N3O2/c1-16-7-6-10-8-11(4-5-12(10)16)14(19)17(15)13(18)9-2-3-9/h4-9H,2-3,15H2,1H3. The van der Waals surface area contributed by atoms with Gasteiger partial charge in [-0.05, 0) is 37.1 Å². The molecule has 5 nitrogen and oxygen atoms in total. The van der Waals surface area contributed by atoms with Crippen molar-refractivity contribution in [2.24, 2.45) is 18.8 Å². The molecule has 2 N–H and O–H groups in total. The van der Waals surface area contributed by atoms with E-state index in [2.05, 4.69) is 0 Å². The van der Waals surface area contributed by atoms with E-state index in [1.165, 1.54) is 0 Å². The number of rotatable bonds is 2. The Labute approximate surface area is 110 Å². The Hall–Kier alpha value is -2.14. The molecule has 0 atom stereocenters. The summed E-state index contributed by atoms with van der Waals surface area (Å²) in [6.45, 7) is 0. The van der Waals surface area contributed by atoms with Gasteiger partial charge in [0.15, 0.2) is 0 Å². The van der Waals surface area contributed by atoms with Crippen LogP contribution in [0.1, 0.15) is 23.2 Å². The molecular weight excluding hydrogens is 242 g/mol. The molecule has 1 aromatic heterocycles. The highest BCUT2D eigenvalue weighted by atomic mass is 16.2. The van der Waals surface area contributed by atoms with Crippen molar-refractivity contribution in [3.05, 3.63) is 36.0 Å². The molecule has 0 saturated heterocycles. The smallest absolute Gasteiger partial charge is 0.274 e. The van der Waals surface area contributed by atoms with Crippen LogP contribution in [0.3, 0.4) is 0 Å². The van der Waals surface area contributed by atoms with E-state index in [4.69, 9.17) is 5.84 Å². The van der Waals surface area contributed by atoms with Crippen molar-refractivity contribution in [2.45, 2.75) is 12.8 Å². The Balaban J connectivity index is 1.90. The van der Waals surface area contributed by atoms with Gasteiger partial charge < -0.3 is 4.57 Å². The molecule has 1 heterocycles. The quantitative estimate of drug-likeness (QED) is 0.383. The zero-order valence-corrected chi connectivity index (χ0v) is 10.7. The summed E-state index contributed by atoms with van der Waals surface area (Å²) in [7, 11) is 1.94. The highest BCUT2D eigenvalue weighted by Crippen LogP contribution is 2.30. The molecule has 0 aliphatic heterocycles. The highest BCUT2D eigenvalue weighted by molar-refractivity contribution is 6.06. The molecule has 2 aromatic rings. The molecule has 19 heavy (non-hydrogen) atoms. The summed E-state index contributed by atoms with van der Waals surface area (Å²) in [4.78, 5) is 23.9. The molecule has 1 saturated carbocycles. The number of carbonyl (C=O) groups excluding carboxylic acids is 2. The largest absolute Gasteiger partial charge is 0.351 e. The van der Waals surface area contributed by atoms with Crippen LogP contribution >= 0.6 is 0 Å². The van der Waals surface area contributed by atoms with Crippen LogP contribution in [-0.4, -0.2) is 21.4 Å². The fourth-order valence-electron chi connectivity index (χ4n) is 2.18. The van der Waals surface area contributed by atoms with E-state index in [0.29, 0.717) is 5.56 Å². The summed E-state index contributed by atoms with van der Waals surface area (Å²) in [6.07, 6.45) is 3.59. The number of nitrogens with zero attached hydrogens (tertiary/aromatic N) is 2. The van der Waals surface area contributed by atoms with E-state index >= 15 is 0 Å². The average Bonchev–Trinajstić information content (AvgIpc) is 3.21. The van der Waals surface area contributed by atoms with Crippen LogP contribution in [0.25, 0.3) is 10.9 Å². The third-order valence-electron chi connectivity index (χ3n) is 3.51. The normalized spacial score (nSPS) is 14.6. The van der Waals surface area contributed by atoms with Crippen molar-refractivity contribution >= 4 is 22.7 Å². The summed E-state index contributed by atoms with van der Waals surface area (Å²) in [5.74, 6) is 4.83. The lowest BCUT2D eigenvalue weighted by atomic mass is 10.1. The van der Waals surface area contributed by atoms with Crippen molar-refractivity contribution in [2.75, 3.05) is 0 Å². The van der Waals surface area contributed by atoms with Gasteiger partial charge in [0.05, 0.1) is 0 Å². The molecule has 98 valence electrons. The third kappa shape index (κ3) is 2.02. The van der Waals surface area contributed by atoms with Crippen LogP contribution in [-0.2, 0) is 11.8 Å². The number of carbonyl (C=O) groups is 2. The van der Waals surface area contributed by atoms with Crippen LogP contribution in [0.2, 0.25) is 0 Å². The molecule has 2 amide bonds. The zero-order valence-electron chi connectivity index (χ0n) is 10.7. The Morgan fingerprint density at radius 2 is 2.05 bits per heavy atom. The first-order valence-corrected chi connectivity index (χ1v) is 6.26. The zero-order chi connectivity index (χ0) is 13.6. The van der Waals surface area contributed by atoms with Crippen LogP contribution in [0.4, 0.5) is 0 Å². The number of hydrogen-bond donors (Lipinski definition) is 1. The number of hydrogen-bond acceptors (Lipinski definition) is 3. The lowest BCUT2D eigenvalue weighted by Gasteiger charge is -2.14. The number of nitrogens with two attached hydrogens (primary N) is 1. The SMILES string of the molecule is Cn1ccc2cc(C(=O)N(N)C(=O)C3CC3)ccc21. The minimum absolute atomic E-state index is 0.0607. The number of benzene rings is 1. The maximum atomic E-state index is 12.1. The fraction of sp³-hybridized carbons (Fsp3) is 0.286. The Morgan fingerprint density at radius 1 is 1.32 bits per heavy atom. The first-order chi connectivity index (χ1) is 9.08. The Bertz CT molecular complexity index is 670. The van der Waals surface area contributed by atoms with Crippen LogP contribution in [0.5, 0.6) is 0 Å². The highest BCUT2D eigenvalue weighted by Gasteiger charge is 2.35. The Kier molecular flexibility index (Phi) is 2.64. The van der Waals surface area contributed by atoms with Gasteiger partial charge in [0.25, 0.3) is 5.91 Å². The number of hydrazine groups is 1. The summed E-state index contributed by atoms with van der Waals surface area (Å²) < 4.78 is 1.97.